The van der Waals surface area contributed by atoms with Crippen LogP contribution in [-0.2, 0) is 6.54 Å². The third kappa shape index (κ3) is 3.50. The van der Waals surface area contributed by atoms with Crippen LogP contribution in [0.1, 0.15) is 44.6 Å². The normalized spacial score (nSPS) is 13.1. The van der Waals surface area contributed by atoms with E-state index in [2.05, 4.69) is 29.1 Å². The Morgan fingerprint density at radius 2 is 2.29 bits per heavy atom. The minimum Gasteiger partial charge on any atom is -0.345 e. The highest BCUT2D eigenvalue weighted by Gasteiger charge is 2.04. The summed E-state index contributed by atoms with van der Waals surface area (Å²) in [5.74, 6) is 0.991. The average Bonchev–Trinajstić information content (AvgIpc) is 2.59. The fraction of sp³-hybridized carbons (Fsp3) is 0.727. The summed E-state index contributed by atoms with van der Waals surface area (Å²) in [4.78, 5) is 7.39. The van der Waals surface area contributed by atoms with Crippen molar-refractivity contribution in [3.05, 3.63) is 17.7 Å². The zero-order valence-electron chi connectivity index (χ0n) is 9.43. The van der Waals surface area contributed by atoms with Crippen molar-refractivity contribution < 1.29 is 0 Å². The Labute approximate surface area is 86.3 Å². The molecule has 1 aromatic heterocycles. The summed E-state index contributed by atoms with van der Waals surface area (Å²) in [6, 6.07) is 0.642. The largest absolute Gasteiger partial charge is 0.345 e. The Kier molecular flexibility index (Phi) is 4.66. The summed E-state index contributed by atoms with van der Waals surface area (Å²) in [5, 5.41) is 3.53. The molecule has 0 spiro atoms. The van der Waals surface area contributed by atoms with Crippen molar-refractivity contribution in [2.75, 3.05) is 0 Å². The highest BCUT2D eigenvalue weighted by molar-refractivity contribution is 4.99. The molecule has 14 heavy (non-hydrogen) atoms. The lowest BCUT2D eigenvalue weighted by Crippen LogP contribution is -2.27. The first-order valence-corrected chi connectivity index (χ1v) is 5.50. The summed E-state index contributed by atoms with van der Waals surface area (Å²) in [5.41, 5.74) is 1.18. The predicted octanol–water partition coefficient (Wildman–Crippen LogP) is 2.39. The SMILES string of the molecule is CCCC(CC)NCc1cnc(C)[nH]1. The second-order valence-electron chi connectivity index (χ2n) is 3.77. The molecule has 1 atom stereocenters. The molecule has 2 N–H and O–H groups in total. The molecule has 0 radical (unpaired) electrons. The number of aromatic amines is 1. The number of aromatic nitrogens is 2. The molecular formula is C11H21N3. The molecule has 0 fully saturated rings. The van der Waals surface area contributed by atoms with Crippen LogP contribution in [0.25, 0.3) is 0 Å². The fourth-order valence-corrected chi connectivity index (χ4v) is 1.61. The number of hydrogen-bond acceptors (Lipinski definition) is 2. The van der Waals surface area contributed by atoms with Gasteiger partial charge < -0.3 is 10.3 Å². The summed E-state index contributed by atoms with van der Waals surface area (Å²) >= 11 is 0. The van der Waals surface area contributed by atoms with Gasteiger partial charge in [0.25, 0.3) is 0 Å². The van der Waals surface area contributed by atoms with Gasteiger partial charge in [0, 0.05) is 24.5 Å². The number of hydrogen-bond donors (Lipinski definition) is 2. The zero-order valence-corrected chi connectivity index (χ0v) is 9.43. The van der Waals surface area contributed by atoms with E-state index >= 15 is 0 Å². The molecule has 0 bridgehead atoms. The van der Waals surface area contributed by atoms with Gasteiger partial charge in [-0.25, -0.2) is 4.98 Å². The second-order valence-corrected chi connectivity index (χ2v) is 3.77. The molecule has 80 valence electrons. The fourth-order valence-electron chi connectivity index (χ4n) is 1.61. The van der Waals surface area contributed by atoms with E-state index in [4.69, 9.17) is 0 Å². The molecule has 1 heterocycles. The van der Waals surface area contributed by atoms with Gasteiger partial charge in [-0.3, -0.25) is 0 Å². The van der Waals surface area contributed by atoms with E-state index in [0.29, 0.717) is 6.04 Å². The zero-order chi connectivity index (χ0) is 10.4. The summed E-state index contributed by atoms with van der Waals surface area (Å²) in [6.07, 6.45) is 5.60. The monoisotopic (exact) mass is 195 g/mol. The molecule has 0 aliphatic carbocycles. The molecule has 0 aliphatic rings. The number of aryl methyl sites for hydroxylation is 1. The van der Waals surface area contributed by atoms with Crippen LogP contribution in [-0.4, -0.2) is 16.0 Å². The van der Waals surface area contributed by atoms with Crippen LogP contribution >= 0.6 is 0 Å². The molecule has 0 aliphatic heterocycles. The molecule has 3 heteroatoms. The minimum absolute atomic E-state index is 0.642. The van der Waals surface area contributed by atoms with E-state index in [-0.39, 0.29) is 0 Å². The Bertz CT molecular complexity index is 255. The molecule has 0 aromatic carbocycles. The van der Waals surface area contributed by atoms with E-state index in [1.807, 2.05) is 13.1 Å². The maximum atomic E-state index is 4.17. The van der Waals surface area contributed by atoms with Crippen LogP contribution in [0.15, 0.2) is 6.20 Å². The van der Waals surface area contributed by atoms with Gasteiger partial charge in [0.05, 0.1) is 0 Å². The van der Waals surface area contributed by atoms with Crippen LogP contribution in [0, 0.1) is 6.92 Å². The van der Waals surface area contributed by atoms with E-state index < -0.39 is 0 Å². The molecule has 0 amide bonds. The Morgan fingerprint density at radius 3 is 2.79 bits per heavy atom. The lowest BCUT2D eigenvalue weighted by molar-refractivity contribution is 0.460. The van der Waals surface area contributed by atoms with E-state index in [0.717, 1.165) is 12.4 Å². The molecule has 1 aromatic rings. The van der Waals surface area contributed by atoms with E-state index in [1.165, 1.54) is 25.0 Å². The van der Waals surface area contributed by atoms with Gasteiger partial charge in [-0.1, -0.05) is 20.3 Å². The number of nitrogens with zero attached hydrogens (tertiary/aromatic N) is 1. The third-order valence-electron chi connectivity index (χ3n) is 2.47. The summed E-state index contributed by atoms with van der Waals surface area (Å²) in [7, 11) is 0. The summed E-state index contributed by atoms with van der Waals surface area (Å²) in [6.45, 7) is 7.34. The summed E-state index contributed by atoms with van der Waals surface area (Å²) < 4.78 is 0. The van der Waals surface area contributed by atoms with Gasteiger partial charge in [0.15, 0.2) is 0 Å². The van der Waals surface area contributed by atoms with E-state index in [1.54, 1.807) is 0 Å². The van der Waals surface area contributed by atoms with Crippen molar-refractivity contribution in [1.82, 2.24) is 15.3 Å². The van der Waals surface area contributed by atoms with Crippen molar-refractivity contribution in [1.29, 1.82) is 0 Å². The standard InChI is InChI=1S/C11H21N3/c1-4-6-10(5-2)13-8-11-7-12-9(3)14-11/h7,10,13H,4-6,8H2,1-3H3,(H,12,14). The maximum absolute atomic E-state index is 4.17. The molecular weight excluding hydrogens is 174 g/mol. The topological polar surface area (TPSA) is 40.7 Å². The van der Waals surface area contributed by atoms with Crippen LogP contribution in [0.2, 0.25) is 0 Å². The smallest absolute Gasteiger partial charge is 0.103 e. The van der Waals surface area contributed by atoms with Crippen molar-refractivity contribution in [2.45, 2.75) is 52.6 Å². The molecule has 0 saturated carbocycles. The van der Waals surface area contributed by atoms with Crippen molar-refractivity contribution in [2.24, 2.45) is 0 Å². The number of rotatable bonds is 6. The Balaban J connectivity index is 2.31. The molecule has 3 nitrogen and oxygen atoms in total. The first kappa shape index (κ1) is 11.2. The van der Waals surface area contributed by atoms with Gasteiger partial charge in [-0.15, -0.1) is 0 Å². The number of H-pyrrole nitrogens is 1. The van der Waals surface area contributed by atoms with Crippen LogP contribution in [0.5, 0.6) is 0 Å². The Hall–Kier alpha value is -0.830. The Morgan fingerprint density at radius 1 is 1.50 bits per heavy atom. The average molecular weight is 195 g/mol. The second kappa shape index (κ2) is 5.81. The van der Waals surface area contributed by atoms with Crippen LogP contribution in [0.3, 0.4) is 0 Å². The van der Waals surface area contributed by atoms with Gasteiger partial charge in [0.1, 0.15) is 5.82 Å². The predicted molar refractivity (Wildman–Crippen MR) is 59.2 cm³/mol. The maximum Gasteiger partial charge on any atom is 0.103 e. The van der Waals surface area contributed by atoms with Gasteiger partial charge >= 0.3 is 0 Å². The number of nitrogens with one attached hydrogen (secondary N) is 2. The van der Waals surface area contributed by atoms with Gasteiger partial charge in [-0.05, 0) is 19.8 Å². The van der Waals surface area contributed by atoms with Gasteiger partial charge in [0.2, 0.25) is 0 Å². The lowest BCUT2D eigenvalue weighted by atomic mass is 10.1. The molecule has 0 saturated heterocycles. The first-order chi connectivity index (χ1) is 6.76. The molecule has 1 unspecified atom stereocenters. The highest BCUT2D eigenvalue weighted by Crippen LogP contribution is 2.03. The minimum atomic E-state index is 0.642. The third-order valence-corrected chi connectivity index (χ3v) is 2.47. The first-order valence-electron chi connectivity index (χ1n) is 5.50. The van der Waals surface area contributed by atoms with Crippen molar-refractivity contribution in [3.63, 3.8) is 0 Å². The quantitative estimate of drug-likeness (QED) is 0.731. The van der Waals surface area contributed by atoms with Crippen LogP contribution in [0.4, 0.5) is 0 Å². The molecule has 1 rings (SSSR count). The van der Waals surface area contributed by atoms with E-state index in [9.17, 15) is 0 Å². The van der Waals surface area contributed by atoms with Gasteiger partial charge in [-0.2, -0.15) is 0 Å². The highest BCUT2D eigenvalue weighted by atomic mass is 15.0. The lowest BCUT2D eigenvalue weighted by Gasteiger charge is -2.14. The van der Waals surface area contributed by atoms with Crippen molar-refractivity contribution in [3.8, 4) is 0 Å². The van der Waals surface area contributed by atoms with Crippen LogP contribution < -0.4 is 5.32 Å². The number of imidazole rings is 1. The van der Waals surface area contributed by atoms with Crippen molar-refractivity contribution >= 4 is 0 Å².